The second-order valence-electron chi connectivity index (χ2n) is 5.22. The number of hydrogen-bond donors (Lipinski definition) is 0. The normalized spacial score (nSPS) is 12.6. The summed E-state index contributed by atoms with van der Waals surface area (Å²) < 4.78 is 4.60. The van der Waals surface area contributed by atoms with Crippen molar-refractivity contribution in [3.05, 3.63) is 60.8 Å². The molecule has 0 amide bonds. The zero-order valence-electron chi connectivity index (χ0n) is 14.7. The predicted octanol–water partition coefficient (Wildman–Crippen LogP) is 6.08. The van der Waals surface area contributed by atoms with Gasteiger partial charge in [0, 0.05) is 6.42 Å². The third-order valence-electron chi connectivity index (χ3n) is 3.22. The number of rotatable bonds is 13. The molecule has 0 radical (unpaired) electrons. The zero-order chi connectivity index (χ0) is 17.0. The van der Waals surface area contributed by atoms with Gasteiger partial charge in [-0.1, -0.05) is 60.8 Å². The van der Waals surface area contributed by atoms with Gasteiger partial charge < -0.3 is 4.74 Å². The van der Waals surface area contributed by atoms with E-state index >= 15 is 0 Å². The average molecular weight is 316 g/mol. The number of ether oxygens (including phenoxy) is 1. The maximum absolute atomic E-state index is 10.9. The second-order valence-corrected chi connectivity index (χ2v) is 5.22. The van der Waals surface area contributed by atoms with E-state index in [1.807, 2.05) is 6.92 Å². The first-order chi connectivity index (χ1) is 11.3. The smallest absolute Gasteiger partial charge is 0.305 e. The van der Waals surface area contributed by atoms with Crippen molar-refractivity contribution in [2.45, 2.75) is 58.3 Å². The van der Waals surface area contributed by atoms with E-state index < -0.39 is 0 Å². The molecule has 0 aromatic heterocycles. The van der Waals surface area contributed by atoms with E-state index in [0.717, 1.165) is 44.9 Å². The van der Waals surface area contributed by atoms with Crippen LogP contribution in [0.5, 0.6) is 0 Å². The van der Waals surface area contributed by atoms with Crippen LogP contribution in [0, 0.1) is 0 Å². The number of allylic oxidation sites excluding steroid dienone is 10. The molecule has 0 aliphatic heterocycles. The van der Waals surface area contributed by atoms with Crippen LogP contribution in [0.4, 0.5) is 0 Å². The van der Waals surface area contributed by atoms with Crippen molar-refractivity contribution < 1.29 is 9.53 Å². The first-order valence-corrected chi connectivity index (χ1v) is 8.59. The van der Waals surface area contributed by atoms with Crippen LogP contribution in [0.3, 0.4) is 0 Å². The Morgan fingerprint density at radius 3 is 1.70 bits per heavy atom. The summed E-state index contributed by atoms with van der Waals surface area (Å²) in [6.45, 7) is 2.04. The largest absolute Gasteiger partial charge is 0.469 e. The lowest BCUT2D eigenvalue weighted by atomic mass is 10.2. The SMILES string of the molecule is CC=CCC=CCC=CCC=CCC=CCCCCC(=O)OC. The van der Waals surface area contributed by atoms with Crippen molar-refractivity contribution in [3.8, 4) is 0 Å². The van der Waals surface area contributed by atoms with Crippen LogP contribution < -0.4 is 0 Å². The van der Waals surface area contributed by atoms with Crippen LogP contribution in [0.2, 0.25) is 0 Å². The lowest BCUT2D eigenvalue weighted by Gasteiger charge is -1.96. The van der Waals surface area contributed by atoms with E-state index in [9.17, 15) is 4.79 Å². The molecule has 23 heavy (non-hydrogen) atoms. The molecule has 0 aromatic carbocycles. The Kier molecular flexibility index (Phi) is 16.8. The van der Waals surface area contributed by atoms with Gasteiger partial charge in [-0.05, 0) is 51.9 Å². The minimum Gasteiger partial charge on any atom is -0.469 e. The Labute approximate surface area is 142 Å². The Morgan fingerprint density at radius 1 is 0.739 bits per heavy atom. The number of unbranched alkanes of at least 4 members (excludes halogenated alkanes) is 2. The van der Waals surface area contributed by atoms with Gasteiger partial charge in [0.1, 0.15) is 0 Å². The summed E-state index contributed by atoms with van der Waals surface area (Å²) in [4.78, 5) is 10.9. The molecule has 0 aromatic rings. The maximum Gasteiger partial charge on any atom is 0.305 e. The average Bonchev–Trinajstić information content (AvgIpc) is 2.57. The van der Waals surface area contributed by atoms with Crippen molar-refractivity contribution in [3.63, 3.8) is 0 Å². The Bertz CT molecular complexity index is 412. The van der Waals surface area contributed by atoms with Gasteiger partial charge in [-0.3, -0.25) is 4.79 Å². The lowest BCUT2D eigenvalue weighted by Crippen LogP contribution is -1.98. The molecule has 0 N–H and O–H groups in total. The van der Waals surface area contributed by atoms with Crippen molar-refractivity contribution in [2.75, 3.05) is 7.11 Å². The summed E-state index contributed by atoms with van der Waals surface area (Å²) in [5, 5.41) is 0. The van der Waals surface area contributed by atoms with Crippen LogP contribution in [-0.4, -0.2) is 13.1 Å². The first-order valence-electron chi connectivity index (χ1n) is 8.59. The monoisotopic (exact) mass is 316 g/mol. The van der Waals surface area contributed by atoms with E-state index in [4.69, 9.17) is 0 Å². The molecule has 2 nitrogen and oxygen atoms in total. The van der Waals surface area contributed by atoms with Crippen LogP contribution in [0.25, 0.3) is 0 Å². The van der Waals surface area contributed by atoms with Crippen molar-refractivity contribution >= 4 is 5.97 Å². The van der Waals surface area contributed by atoms with Crippen molar-refractivity contribution in [2.24, 2.45) is 0 Å². The molecule has 0 aliphatic rings. The van der Waals surface area contributed by atoms with E-state index in [1.54, 1.807) is 0 Å². The van der Waals surface area contributed by atoms with Gasteiger partial charge in [-0.25, -0.2) is 0 Å². The van der Waals surface area contributed by atoms with Gasteiger partial charge in [-0.15, -0.1) is 0 Å². The van der Waals surface area contributed by atoms with E-state index in [0.29, 0.717) is 6.42 Å². The number of hydrogen-bond acceptors (Lipinski definition) is 2. The van der Waals surface area contributed by atoms with Gasteiger partial charge in [0.05, 0.1) is 7.11 Å². The van der Waals surface area contributed by atoms with Gasteiger partial charge in [0.25, 0.3) is 0 Å². The fourth-order valence-electron chi connectivity index (χ4n) is 1.88. The van der Waals surface area contributed by atoms with Gasteiger partial charge in [0.2, 0.25) is 0 Å². The molecule has 0 saturated heterocycles. The number of carbonyl (C=O) groups is 1. The molecule has 0 fully saturated rings. The third kappa shape index (κ3) is 18.1. The van der Waals surface area contributed by atoms with Gasteiger partial charge in [0.15, 0.2) is 0 Å². The summed E-state index contributed by atoms with van der Waals surface area (Å²) in [6, 6.07) is 0. The fourth-order valence-corrected chi connectivity index (χ4v) is 1.88. The summed E-state index contributed by atoms with van der Waals surface area (Å²) in [6.07, 6.45) is 29.3. The lowest BCUT2D eigenvalue weighted by molar-refractivity contribution is -0.140. The molecular weight excluding hydrogens is 284 g/mol. The van der Waals surface area contributed by atoms with Crippen LogP contribution in [0.1, 0.15) is 58.3 Å². The highest BCUT2D eigenvalue weighted by Crippen LogP contribution is 2.02. The minimum absolute atomic E-state index is 0.113. The van der Waals surface area contributed by atoms with Crippen molar-refractivity contribution in [1.29, 1.82) is 0 Å². The summed E-state index contributed by atoms with van der Waals surface area (Å²) >= 11 is 0. The number of esters is 1. The van der Waals surface area contributed by atoms with E-state index in [-0.39, 0.29) is 5.97 Å². The summed E-state index contributed by atoms with van der Waals surface area (Å²) in [5.74, 6) is -0.113. The molecule has 0 rings (SSSR count). The molecule has 0 spiro atoms. The molecule has 0 bridgehead atoms. The molecular formula is C21H32O2. The van der Waals surface area contributed by atoms with Gasteiger partial charge >= 0.3 is 5.97 Å². The molecule has 2 heteroatoms. The molecule has 0 atom stereocenters. The maximum atomic E-state index is 10.9. The molecule has 0 saturated carbocycles. The third-order valence-corrected chi connectivity index (χ3v) is 3.22. The van der Waals surface area contributed by atoms with Gasteiger partial charge in [-0.2, -0.15) is 0 Å². The Balaban J connectivity index is 3.44. The fraction of sp³-hybridized carbons (Fsp3) is 0.476. The quantitative estimate of drug-likeness (QED) is 0.234. The summed E-state index contributed by atoms with van der Waals surface area (Å²) in [7, 11) is 1.44. The molecule has 0 heterocycles. The minimum atomic E-state index is -0.113. The topological polar surface area (TPSA) is 26.3 Å². The number of carbonyl (C=O) groups excluding carboxylic acids is 1. The molecule has 0 unspecified atom stereocenters. The predicted molar refractivity (Wildman–Crippen MR) is 100 cm³/mol. The zero-order valence-corrected chi connectivity index (χ0v) is 14.7. The number of methoxy groups -OCH3 is 1. The second kappa shape index (κ2) is 18.2. The standard InChI is InChI=1S/C21H32O2/c1-3-4-5-6-7-8-9-10-11-12-13-14-15-16-17-18-19-20-21(22)23-2/h3-4,6-7,9-10,12-13,15-16H,5,8,11,14,17-20H2,1-2H3. The van der Waals surface area contributed by atoms with E-state index in [1.165, 1.54) is 7.11 Å². The Hall–Kier alpha value is -1.83. The van der Waals surface area contributed by atoms with Crippen LogP contribution in [0.15, 0.2) is 60.8 Å². The first kappa shape index (κ1) is 21.2. The summed E-state index contributed by atoms with van der Waals surface area (Å²) in [5.41, 5.74) is 0. The Morgan fingerprint density at radius 2 is 1.22 bits per heavy atom. The van der Waals surface area contributed by atoms with Crippen LogP contribution >= 0.6 is 0 Å². The molecule has 128 valence electrons. The highest BCUT2D eigenvalue weighted by molar-refractivity contribution is 5.68. The highest BCUT2D eigenvalue weighted by Gasteiger charge is 1.97. The van der Waals surface area contributed by atoms with Crippen LogP contribution in [-0.2, 0) is 9.53 Å². The van der Waals surface area contributed by atoms with E-state index in [2.05, 4.69) is 65.5 Å². The highest BCUT2D eigenvalue weighted by atomic mass is 16.5. The van der Waals surface area contributed by atoms with Crippen molar-refractivity contribution in [1.82, 2.24) is 0 Å². The molecule has 0 aliphatic carbocycles.